The smallest absolute Gasteiger partial charge is 0.317 e. The summed E-state index contributed by atoms with van der Waals surface area (Å²) in [6.45, 7) is 5.99. The van der Waals surface area contributed by atoms with Crippen molar-refractivity contribution in [3.8, 4) is 0 Å². The van der Waals surface area contributed by atoms with E-state index in [1.807, 2.05) is 32.0 Å². The first-order valence-electron chi connectivity index (χ1n) is 8.07. The molecule has 1 aromatic heterocycles. The number of carbonyl (C=O) groups excluding carboxylic acids is 2. The second-order valence-electron chi connectivity index (χ2n) is 6.30. The number of H-pyrrole nitrogens is 1. The molecule has 1 aromatic carbocycles. The van der Waals surface area contributed by atoms with Crippen LogP contribution < -0.4 is 5.32 Å². The fourth-order valence-corrected chi connectivity index (χ4v) is 3.02. The van der Waals surface area contributed by atoms with Gasteiger partial charge in [-0.25, -0.2) is 4.79 Å². The molecule has 0 unspecified atom stereocenters. The molecule has 6 nitrogen and oxygen atoms in total. The number of carbonyl (C=O) groups is 2. The van der Waals surface area contributed by atoms with Gasteiger partial charge in [0.1, 0.15) is 5.69 Å². The molecule has 0 aliphatic carbocycles. The number of hydrogen-bond acceptors (Lipinski definition) is 2. The van der Waals surface area contributed by atoms with E-state index in [0.717, 1.165) is 10.9 Å². The summed E-state index contributed by atoms with van der Waals surface area (Å²) in [5.41, 5.74) is 1.44. The number of benzene rings is 1. The molecule has 3 amide bonds. The van der Waals surface area contributed by atoms with E-state index in [2.05, 4.69) is 10.3 Å². The topological polar surface area (TPSA) is 68.4 Å². The van der Waals surface area contributed by atoms with Crippen molar-refractivity contribution in [2.24, 2.45) is 0 Å². The van der Waals surface area contributed by atoms with Crippen LogP contribution in [0.2, 0.25) is 5.02 Å². The Morgan fingerprint density at radius 1 is 1.12 bits per heavy atom. The third-order valence-corrected chi connectivity index (χ3v) is 4.31. The van der Waals surface area contributed by atoms with E-state index in [0.29, 0.717) is 36.9 Å². The number of halogens is 1. The highest BCUT2D eigenvalue weighted by Gasteiger charge is 2.25. The molecule has 0 spiro atoms. The molecule has 0 saturated carbocycles. The molecule has 3 rings (SSSR count). The molecule has 1 saturated heterocycles. The zero-order valence-corrected chi connectivity index (χ0v) is 14.6. The summed E-state index contributed by atoms with van der Waals surface area (Å²) < 4.78 is 0. The highest BCUT2D eigenvalue weighted by molar-refractivity contribution is 6.31. The largest absolute Gasteiger partial charge is 0.351 e. The number of aromatic amines is 1. The predicted molar refractivity (Wildman–Crippen MR) is 94.5 cm³/mol. The van der Waals surface area contributed by atoms with Gasteiger partial charge in [0.2, 0.25) is 0 Å². The van der Waals surface area contributed by atoms with Crippen molar-refractivity contribution in [2.45, 2.75) is 19.9 Å². The maximum Gasteiger partial charge on any atom is 0.317 e. The van der Waals surface area contributed by atoms with Crippen LogP contribution in [-0.4, -0.2) is 58.9 Å². The number of rotatable bonds is 2. The van der Waals surface area contributed by atoms with Gasteiger partial charge in [-0.1, -0.05) is 11.6 Å². The Hall–Kier alpha value is -2.21. The van der Waals surface area contributed by atoms with Gasteiger partial charge >= 0.3 is 6.03 Å². The number of hydrogen-bond donors (Lipinski definition) is 2. The first-order chi connectivity index (χ1) is 11.4. The Kier molecular flexibility index (Phi) is 4.66. The number of nitrogens with one attached hydrogen (secondary N) is 2. The lowest BCUT2D eigenvalue weighted by molar-refractivity contribution is 0.0659. The van der Waals surface area contributed by atoms with Gasteiger partial charge in [0.15, 0.2) is 0 Å². The summed E-state index contributed by atoms with van der Waals surface area (Å²) in [4.78, 5) is 31.3. The summed E-state index contributed by atoms with van der Waals surface area (Å²) in [7, 11) is 0. The quantitative estimate of drug-likeness (QED) is 0.876. The third-order valence-electron chi connectivity index (χ3n) is 4.08. The Morgan fingerprint density at radius 3 is 2.46 bits per heavy atom. The molecule has 1 aliphatic heterocycles. The summed E-state index contributed by atoms with van der Waals surface area (Å²) in [6.07, 6.45) is 0. The molecule has 1 fully saturated rings. The minimum Gasteiger partial charge on any atom is -0.351 e. The highest BCUT2D eigenvalue weighted by Crippen LogP contribution is 2.21. The molecule has 0 atom stereocenters. The van der Waals surface area contributed by atoms with Gasteiger partial charge in [0.05, 0.1) is 0 Å². The number of fused-ring (bicyclic) bond motifs is 1. The van der Waals surface area contributed by atoms with Crippen molar-refractivity contribution in [2.75, 3.05) is 26.2 Å². The lowest BCUT2D eigenvalue weighted by atomic mass is 10.2. The van der Waals surface area contributed by atoms with Crippen LogP contribution in [-0.2, 0) is 0 Å². The van der Waals surface area contributed by atoms with E-state index in [4.69, 9.17) is 11.6 Å². The standard InChI is InChI=1S/C17H21ClN4O2/c1-11(2)19-17(24)22-7-5-21(6-8-22)16(23)15-10-12-9-13(18)3-4-14(12)20-15/h3-4,9-11,20H,5-8H2,1-2H3,(H,19,24). The molecule has 24 heavy (non-hydrogen) atoms. The van der Waals surface area contributed by atoms with Crippen molar-refractivity contribution in [1.29, 1.82) is 0 Å². The predicted octanol–water partition coefficient (Wildman–Crippen LogP) is 2.70. The first kappa shape index (κ1) is 16.6. The van der Waals surface area contributed by atoms with Crippen molar-refractivity contribution in [1.82, 2.24) is 20.1 Å². The number of urea groups is 1. The Bertz CT molecular complexity index is 763. The van der Waals surface area contributed by atoms with E-state index < -0.39 is 0 Å². The van der Waals surface area contributed by atoms with Crippen molar-refractivity contribution in [3.05, 3.63) is 35.0 Å². The maximum atomic E-state index is 12.7. The second-order valence-corrected chi connectivity index (χ2v) is 6.73. The number of amides is 3. The Morgan fingerprint density at radius 2 is 1.79 bits per heavy atom. The number of nitrogens with zero attached hydrogens (tertiary/aromatic N) is 2. The summed E-state index contributed by atoms with van der Waals surface area (Å²) in [5.74, 6) is -0.0498. The lowest BCUT2D eigenvalue weighted by Crippen LogP contribution is -2.54. The van der Waals surface area contributed by atoms with Gasteiger partial charge in [0, 0.05) is 48.1 Å². The zero-order chi connectivity index (χ0) is 17.3. The average molecular weight is 349 g/mol. The van der Waals surface area contributed by atoms with Crippen LogP contribution in [0.5, 0.6) is 0 Å². The molecule has 1 aliphatic rings. The van der Waals surface area contributed by atoms with Crippen LogP contribution in [0.15, 0.2) is 24.3 Å². The lowest BCUT2D eigenvalue weighted by Gasteiger charge is -2.34. The first-order valence-corrected chi connectivity index (χ1v) is 8.45. The fraction of sp³-hybridized carbons (Fsp3) is 0.412. The van der Waals surface area contributed by atoms with Gasteiger partial charge in [-0.05, 0) is 38.1 Å². The van der Waals surface area contributed by atoms with Gasteiger partial charge in [0.25, 0.3) is 5.91 Å². The molecule has 2 heterocycles. The number of piperazine rings is 1. The van der Waals surface area contributed by atoms with Crippen LogP contribution in [0.1, 0.15) is 24.3 Å². The molecule has 0 bridgehead atoms. The van der Waals surface area contributed by atoms with E-state index in [-0.39, 0.29) is 18.0 Å². The minimum atomic E-state index is -0.0719. The van der Waals surface area contributed by atoms with Gasteiger partial charge in [-0.2, -0.15) is 0 Å². The van der Waals surface area contributed by atoms with Gasteiger partial charge < -0.3 is 20.1 Å². The fourth-order valence-electron chi connectivity index (χ4n) is 2.84. The molecule has 7 heteroatoms. The third kappa shape index (κ3) is 3.48. The van der Waals surface area contributed by atoms with E-state index in [1.54, 1.807) is 15.9 Å². The molecule has 128 valence electrons. The van der Waals surface area contributed by atoms with E-state index in [9.17, 15) is 9.59 Å². The van der Waals surface area contributed by atoms with Crippen LogP contribution in [0.25, 0.3) is 10.9 Å². The average Bonchev–Trinajstić information content (AvgIpc) is 2.96. The van der Waals surface area contributed by atoms with Crippen molar-refractivity contribution >= 4 is 34.4 Å². The normalized spacial score (nSPS) is 15.2. The summed E-state index contributed by atoms with van der Waals surface area (Å²) in [5, 5.41) is 4.44. The number of aromatic nitrogens is 1. The van der Waals surface area contributed by atoms with Crippen LogP contribution in [0.4, 0.5) is 4.79 Å². The monoisotopic (exact) mass is 348 g/mol. The molecular weight excluding hydrogens is 328 g/mol. The van der Waals surface area contributed by atoms with Gasteiger partial charge in [-0.3, -0.25) is 4.79 Å². The molecular formula is C17H21ClN4O2. The summed E-state index contributed by atoms with van der Waals surface area (Å²) in [6, 6.07) is 7.34. The SMILES string of the molecule is CC(C)NC(=O)N1CCN(C(=O)c2cc3cc(Cl)ccc3[nH]2)CC1. The summed E-state index contributed by atoms with van der Waals surface area (Å²) >= 11 is 5.99. The zero-order valence-electron chi connectivity index (χ0n) is 13.8. The Balaban J connectivity index is 1.65. The van der Waals surface area contributed by atoms with Crippen LogP contribution in [0.3, 0.4) is 0 Å². The highest BCUT2D eigenvalue weighted by atomic mass is 35.5. The van der Waals surface area contributed by atoms with Crippen LogP contribution >= 0.6 is 11.6 Å². The van der Waals surface area contributed by atoms with E-state index in [1.165, 1.54) is 0 Å². The van der Waals surface area contributed by atoms with Crippen LogP contribution in [0, 0.1) is 0 Å². The Labute approximate surface area is 145 Å². The molecule has 0 radical (unpaired) electrons. The molecule has 2 N–H and O–H groups in total. The minimum absolute atomic E-state index is 0.0498. The van der Waals surface area contributed by atoms with Crippen molar-refractivity contribution in [3.63, 3.8) is 0 Å². The van der Waals surface area contributed by atoms with Crippen molar-refractivity contribution < 1.29 is 9.59 Å². The van der Waals surface area contributed by atoms with Gasteiger partial charge in [-0.15, -0.1) is 0 Å². The second kappa shape index (κ2) is 6.73. The maximum absolute atomic E-state index is 12.7. The molecule has 2 aromatic rings. The van der Waals surface area contributed by atoms with E-state index >= 15 is 0 Å².